The average Bonchev–Trinajstić information content (AvgIpc) is 2.57. The normalized spacial score (nSPS) is 21.0. The first-order chi connectivity index (χ1) is 12.0. The highest BCUT2D eigenvalue weighted by atomic mass is 32.2. The van der Waals surface area contributed by atoms with Gasteiger partial charge in [0.2, 0.25) is 15.9 Å². The molecule has 1 aliphatic heterocycles. The Labute approximate surface area is 142 Å². The van der Waals surface area contributed by atoms with Crippen molar-refractivity contribution < 1.29 is 17.9 Å². The summed E-state index contributed by atoms with van der Waals surface area (Å²) in [5.74, 6) is 0.337. The summed E-state index contributed by atoms with van der Waals surface area (Å²) in [4.78, 5) is 30.3. The topological polar surface area (TPSA) is 143 Å². The first-order valence-electron chi connectivity index (χ1n) is 7.45. The van der Waals surface area contributed by atoms with E-state index in [-0.39, 0.29) is 6.61 Å². The standard InChI is InChI=1S/C14H16N4O6S/c19-13-11(7-16-14(20)17-13)25(21,22)18-9-4-6-23-8-10(9)24-12-3-1-2-5-15-12/h1-3,5,7,9-10,18H,4,6,8H2,(H2,16,17,19,20)/t9-,10-/m1/s1. The lowest BCUT2D eigenvalue weighted by Gasteiger charge is -2.31. The van der Waals surface area contributed by atoms with Crippen molar-refractivity contribution in [3.05, 3.63) is 51.4 Å². The zero-order chi connectivity index (χ0) is 17.9. The molecule has 2 atom stereocenters. The fourth-order valence-electron chi connectivity index (χ4n) is 2.39. The number of rotatable bonds is 5. The molecule has 1 saturated heterocycles. The van der Waals surface area contributed by atoms with Crippen LogP contribution in [-0.2, 0) is 14.8 Å². The Morgan fingerprint density at radius 1 is 1.32 bits per heavy atom. The van der Waals surface area contributed by atoms with Gasteiger partial charge in [0.25, 0.3) is 5.56 Å². The Bertz CT molecular complexity index is 940. The van der Waals surface area contributed by atoms with Crippen molar-refractivity contribution in [3.8, 4) is 5.88 Å². The Morgan fingerprint density at radius 3 is 2.88 bits per heavy atom. The van der Waals surface area contributed by atoms with E-state index in [1.54, 1.807) is 24.4 Å². The lowest BCUT2D eigenvalue weighted by atomic mass is 10.1. The summed E-state index contributed by atoms with van der Waals surface area (Å²) in [6.45, 7) is 0.517. The van der Waals surface area contributed by atoms with Crippen LogP contribution in [0.4, 0.5) is 0 Å². The van der Waals surface area contributed by atoms with Crippen LogP contribution in [0.1, 0.15) is 6.42 Å². The second kappa shape index (κ2) is 7.17. The van der Waals surface area contributed by atoms with E-state index in [1.807, 2.05) is 4.98 Å². The summed E-state index contributed by atoms with van der Waals surface area (Å²) in [5.41, 5.74) is -1.78. The molecule has 25 heavy (non-hydrogen) atoms. The molecular weight excluding hydrogens is 352 g/mol. The van der Waals surface area contributed by atoms with Gasteiger partial charge >= 0.3 is 5.69 Å². The lowest BCUT2D eigenvalue weighted by Crippen LogP contribution is -2.52. The van der Waals surface area contributed by atoms with Gasteiger partial charge in [0, 0.05) is 25.1 Å². The molecule has 3 N–H and O–H groups in total. The van der Waals surface area contributed by atoms with Crippen molar-refractivity contribution in [1.82, 2.24) is 19.7 Å². The van der Waals surface area contributed by atoms with Crippen molar-refractivity contribution in [3.63, 3.8) is 0 Å². The molecule has 0 radical (unpaired) electrons. The zero-order valence-corrected chi connectivity index (χ0v) is 13.8. The number of hydrogen-bond acceptors (Lipinski definition) is 7. The minimum Gasteiger partial charge on any atom is -0.470 e. The number of aromatic amines is 2. The molecule has 0 amide bonds. The van der Waals surface area contributed by atoms with Gasteiger partial charge in [0.15, 0.2) is 4.90 Å². The van der Waals surface area contributed by atoms with Crippen molar-refractivity contribution in [2.24, 2.45) is 0 Å². The van der Waals surface area contributed by atoms with Crippen LogP contribution in [0, 0.1) is 0 Å². The monoisotopic (exact) mass is 368 g/mol. The number of nitrogens with zero attached hydrogens (tertiary/aromatic N) is 1. The summed E-state index contributed by atoms with van der Waals surface area (Å²) >= 11 is 0. The van der Waals surface area contributed by atoms with Crippen molar-refractivity contribution >= 4 is 10.0 Å². The number of sulfonamides is 1. The van der Waals surface area contributed by atoms with E-state index in [9.17, 15) is 18.0 Å². The molecule has 0 saturated carbocycles. The summed E-state index contributed by atoms with van der Waals surface area (Å²) in [7, 11) is -4.15. The van der Waals surface area contributed by atoms with Crippen LogP contribution < -0.4 is 20.7 Å². The smallest absolute Gasteiger partial charge is 0.325 e. The van der Waals surface area contributed by atoms with Crippen molar-refractivity contribution in [1.29, 1.82) is 0 Å². The molecule has 0 bridgehead atoms. The van der Waals surface area contributed by atoms with Crippen LogP contribution in [0.2, 0.25) is 0 Å². The summed E-state index contributed by atoms with van der Waals surface area (Å²) in [6.07, 6.45) is 2.16. The third-order valence-corrected chi connectivity index (χ3v) is 5.09. The van der Waals surface area contributed by atoms with Crippen molar-refractivity contribution in [2.45, 2.75) is 23.5 Å². The van der Waals surface area contributed by atoms with Gasteiger partial charge in [0.1, 0.15) is 6.10 Å². The molecule has 0 aliphatic carbocycles. The number of aromatic nitrogens is 3. The van der Waals surface area contributed by atoms with Crippen LogP contribution in [0.25, 0.3) is 0 Å². The van der Waals surface area contributed by atoms with Gasteiger partial charge in [-0.05, 0) is 12.5 Å². The van der Waals surface area contributed by atoms with E-state index in [1.165, 1.54) is 0 Å². The minimum atomic E-state index is -4.15. The second-order valence-electron chi connectivity index (χ2n) is 5.35. The Kier molecular flexibility index (Phi) is 4.97. The maximum atomic E-state index is 12.5. The third-order valence-electron chi connectivity index (χ3n) is 3.60. The van der Waals surface area contributed by atoms with Crippen LogP contribution in [-0.4, -0.2) is 48.7 Å². The van der Waals surface area contributed by atoms with Gasteiger partial charge in [-0.3, -0.25) is 9.78 Å². The molecule has 3 heterocycles. The highest BCUT2D eigenvalue weighted by Crippen LogP contribution is 2.17. The number of ether oxygens (including phenoxy) is 2. The van der Waals surface area contributed by atoms with Crippen LogP contribution in [0.15, 0.2) is 45.1 Å². The predicted octanol–water partition coefficient (Wildman–Crippen LogP) is -1.03. The fourth-order valence-corrected chi connectivity index (χ4v) is 3.70. The molecule has 3 rings (SSSR count). The molecule has 2 aromatic heterocycles. The zero-order valence-electron chi connectivity index (χ0n) is 13.0. The van der Waals surface area contributed by atoms with E-state index in [0.717, 1.165) is 6.20 Å². The number of nitrogens with one attached hydrogen (secondary N) is 3. The largest absolute Gasteiger partial charge is 0.470 e. The lowest BCUT2D eigenvalue weighted by molar-refractivity contribution is -0.0111. The highest BCUT2D eigenvalue weighted by molar-refractivity contribution is 7.89. The number of hydrogen-bond donors (Lipinski definition) is 3. The van der Waals surface area contributed by atoms with Gasteiger partial charge in [-0.2, -0.15) is 0 Å². The van der Waals surface area contributed by atoms with E-state index in [2.05, 4.69) is 14.7 Å². The van der Waals surface area contributed by atoms with E-state index in [4.69, 9.17) is 9.47 Å². The SMILES string of the molecule is O=c1[nH]cc(S(=O)(=O)N[C@@H]2CCOC[C@H]2Oc2ccccn2)c(=O)[nH]1. The van der Waals surface area contributed by atoms with Gasteiger partial charge in [-0.25, -0.2) is 22.9 Å². The maximum Gasteiger partial charge on any atom is 0.325 e. The van der Waals surface area contributed by atoms with Crippen LogP contribution >= 0.6 is 0 Å². The second-order valence-corrected chi connectivity index (χ2v) is 7.03. The first kappa shape index (κ1) is 17.3. The molecule has 10 nitrogen and oxygen atoms in total. The highest BCUT2D eigenvalue weighted by Gasteiger charge is 2.33. The van der Waals surface area contributed by atoms with Gasteiger partial charge in [0.05, 0.1) is 12.6 Å². The number of H-pyrrole nitrogens is 2. The molecule has 2 aromatic rings. The quantitative estimate of drug-likeness (QED) is 0.612. The van der Waals surface area contributed by atoms with E-state index >= 15 is 0 Å². The molecule has 1 aliphatic rings. The van der Waals surface area contributed by atoms with Gasteiger partial charge in [-0.15, -0.1) is 0 Å². The minimum absolute atomic E-state index is 0.172. The van der Waals surface area contributed by atoms with Crippen LogP contribution in [0.3, 0.4) is 0 Å². The van der Waals surface area contributed by atoms with Gasteiger partial charge in [-0.1, -0.05) is 6.07 Å². The Morgan fingerprint density at radius 2 is 2.16 bits per heavy atom. The predicted molar refractivity (Wildman–Crippen MR) is 85.9 cm³/mol. The molecular formula is C14H16N4O6S. The Balaban J connectivity index is 1.81. The molecule has 0 unspecified atom stereocenters. The summed E-state index contributed by atoms with van der Waals surface area (Å²) in [5, 5.41) is 0. The van der Waals surface area contributed by atoms with E-state index < -0.39 is 38.3 Å². The maximum absolute atomic E-state index is 12.5. The number of pyridine rings is 1. The molecule has 0 aromatic carbocycles. The summed E-state index contributed by atoms with van der Waals surface area (Å²) < 4.78 is 38.4. The summed E-state index contributed by atoms with van der Waals surface area (Å²) in [6, 6.07) is 4.50. The van der Waals surface area contributed by atoms with E-state index in [0.29, 0.717) is 18.9 Å². The molecule has 134 valence electrons. The first-order valence-corrected chi connectivity index (χ1v) is 8.94. The Hall–Kier alpha value is -2.50. The average molecular weight is 368 g/mol. The van der Waals surface area contributed by atoms with Crippen molar-refractivity contribution in [2.75, 3.05) is 13.2 Å². The third kappa shape index (κ3) is 4.13. The van der Waals surface area contributed by atoms with Gasteiger partial charge < -0.3 is 14.5 Å². The molecule has 11 heteroatoms. The molecule has 1 fully saturated rings. The fraction of sp³-hybridized carbons (Fsp3) is 0.357. The van der Waals surface area contributed by atoms with Crippen LogP contribution in [0.5, 0.6) is 5.88 Å². The molecule has 0 spiro atoms.